The lowest BCUT2D eigenvalue weighted by Gasteiger charge is -2.29. The maximum Gasteiger partial charge on any atom is 0.253 e. The first kappa shape index (κ1) is 24.0. The molecule has 0 radical (unpaired) electrons. The van der Waals surface area contributed by atoms with Gasteiger partial charge in [-0.2, -0.15) is 0 Å². The molecule has 0 aliphatic rings. The van der Waals surface area contributed by atoms with Gasteiger partial charge in [0.15, 0.2) is 5.11 Å². The fourth-order valence-corrected chi connectivity index (χ4v) is 4.21. The van der Waals surface area contributed by atoms with E-state index >= 15 is 0 Å². The van der Waals surface area contributed by atoms with Gasteiger partial charge in [0.2, 0.25) is 0 Å². The average molecular weight is 451 g/mol. The van der Waals surface area contributed by atoms with E-state index in [-0.39, 0.29) is 5.56 Å². The number of likely N-dealkylation sites (N-methyl/N-ethyl adjacent to an activating group) is 1. The molecule has 3 aromatic rings. The second-order valence-electron chi connectivity index (χ2n) is 8.26. The molecule has 170 valence electrons. The Hall–Kier alpha value is -2.70. The molecule has 0 amide bonds. The van der Waals surface area contributed by atoms with E-state index in [0.29, 0.717) is 18.2 Å². The maximum absolute atomic E-state index is 12.9. The lowest BCUT2D eigenvalue weighted by Crippen LogP contribution is -2.44. The zero-order valence-electron chi connectivity index (χ0n) is 19.6. The van der Waals surface area contributed by atoms with Crippen LogP contribution in [0.1, 0.15) is 36.1 Å². The Morgan fingerprint density at radius 3 is 2.44 bits per heavy atom. The molecule has 0 unspecified atom stereocenters. The number of nitrogens with zero attached hydrogens (tertiary/aromatic N) is 2. The smallest absolute Gasteiger partial charge is 0.253 e. The lowest BCUT2D eigenvalue weighted by atomic mass is 10.0. The molecule has 0 spiro atoms. The van der Waals surface area contributed by atoms with Gasteiger partial charge >= 0.3 is 0 Å². The Labute approximate surface area is 196 Å². The molecule has 0 aliphatic carbocycles. The van der Waals surface area contributed by atoms with Crippen molar-refractivity contribution in [3.63, 3.8) is 0 Å². The minimum absolute atomic E-state index is 0.0544. The highest BCUT2D eigenvalue weighted by Crippen LogP contribution is 2.19. The molecule has 0 aliphatic heterocycles. The molecular weight excluding hydrogens is 416 g/mol. The topological polar surface area (TPSA) is 51.4 Å². The molecule has 0 atom stereocenters. The van der Waals surface area contributed by atoms with Crippen LogP contribution in [0.25, 0.3) is 10.9 Å². The van der Waals surface area contributed by atoms with E-state index in [4.69, 9.17) is 12.2 Å². The predicted octanol–water partition coefficient (Wildman–Crippen LogP) is 4.36. The first-order chi connectivity index (χ1) is 15.4. The van der Waals surface area contributed by atoms with Crippen molar-refractivity contribution in [3.05, 3.63) is 81.1 Å². The van der Waals surface area contributed by atoms with Crippen LogP contribution < -0.4 is 10.9 Å². The molecule has 0 bridgehead atoms. The summed E-state index contributed by atoms with van der Waals surface area (Å²) in [5.74, 6) is 0. The summed E-state index contributed by atoms with van der Waals surface area (Å²) in [5.41, 5.74) is 5.04. The highest BCUT2D eigenvalue weighted by Gasteiger charge is 2.15. The van der Waals surface area contributed by atoms with Crippen molar-refractivity contribution in [2.24, 2.45) is 0 Å². The molecule has 0 fully saturated rings. The molecule has 2 aromatic carbocycles. The van der Waals surface area contributed by atoms with E-state index in [1.54, 1.807) is 0 Å². The molecule has 1 aromatic heterocycles. The standard InChI is InChI=1S/C26H34N4OS/c1-5-29(6-2)12-13-30(26(32)27-17-21-10-8-7-9-11-21)18-22-16-23-20(4)14-19(3)15-24(23)28-25(22)31/h7-11,14-16H,5-6,12-13,17-18H2,1-4H3,(H,27,32)(H,28,31). The Morgan fingerprint density at radius 1 is 1.03 bits per heavy atom. The number of hydrogen-bond donors (Lipinski definition) is 2. The number of rotatable bonds is 9. The minimum Gasteiger partial charge on any atom is -0.358 e. The molecule has 32 heavy (non-hydrogen) atoms. The fourth-order valence-electron chi connectivity index (χ4n) is 3.98. The number of thiocarbonyl (C=S) groups is 1. The van der Waals surface area contributed by atoms with E-state index in [0.717, 1.165) is 53.8 Å². The SMILES string of the molecule is CCN(CC)CCN(Cc1cc2c(C)cc(C)cc2[nH]c1=O)C(=S)NCc1ccccc1. The summed E-state index contributed by atoms with van der Waals surface area (Å²) in [6, 6.07) is 16.4. The van der Waals surface area contributed by atoms with Gasteiger partial charge in [0.25, 0.3) is 5.56 Å². The number of fused-ring (bicyclic) bond motifs is 1. The van der Waals surface area contributed by atoms with Crippen molar-refractivity contribution in [2.75, 3.05) is 26.2 Å². The van der Waals surface area contributed by atoms with Crippen LogP contribution in [0.2, 0.25) is 0 Å². The fraction of sp³-hybridized carbons (Fsp3) is 0.385. The number of aromatic amines is 1. The van der Waals surface area contributed by atoms with Crippen LogP contribution in [0.4, 0.5) is 0 Å². The number of aryl methyl sites for hydroxylation is 2. The third kappa shape index (κ3) is 6.17. The van der Waals surface area contributed by atoms with Gasteiger partial charge in [-0.15, -0.1) is 0 Å². The maximum atomic E-state index is 12.9. The predicted molar refractivity (Wildman–Crippen MR) is 138 cm³/mol. The number of pyridine rings is 1. The zero-order valence-corrected chi connectivity index (χ0v) is 20.4. The van der Waals surface area contributed by atoms with Gasteiger partial charge in [-0.3, -0.25) is 4.79 Å². The number of hydrogen-bond acceptors (Lipinski definition) is 3. The molecule has 0 saturated carbocycles. The van der Waals surface area contributed by atoms with E-state index in [9.17, 15) is 4.79 Å². The average Bonchev–Trinajstić information content (AvgIpc) is 2.78. The first-order valence-electron chi connectivity index (χ1n) is 11.3. The van der Waals surface area contributed by atoms with Crippen LogP contribution in [0.3, 0.4) is 0 Å². The van der Waals surface area contributed by atoms with E-state index in [2.05, 4.69) is 59.1 Å². The van der Waals surface area contributed by atoms with Crippen molar-refractivity contribution < 1.29 is 0 Å². The van der Waals surface area contributed by atoms with E-state index < -0.39 is 0 Å². The minimum atomic E-state index is -0.0544. The Balaban J connectivity index is 1.83. The van der Waals surface area contributed by atoms with Crippen LogP contribution in [0.15, 0.2) is 53.3 Å². The first-order valence-corrected chi connectivity index (χ1v) is 11.7. The molecule has 5 nitrogen and oxygen atoms in total. The zero-order chi connectivity index (χ0) is 23.1. The van der Waals surface area contributed by atoms with E-state index in [1.165, 1.54) is 5.56 Å². The molecular formula is C26H34N4OS. The second kappa shape index (κ2) is 11.2. The summed E-state index contributed by atoms with van der Waals surface area (Å²) < 4.78 is 0. The second-order valence-corrected chi connectivity index (χ2v) is 8.65. The normalized spacial score (nSPS) is 11.2. The van der Waals surface area contributed by atoms with Crippen LogP contribution in [-0.2, 0) is 13.1 Å². The van der Waals surface area contributed by atoms with Gasteiger partial charge in [0.05, 0.1) is 6.54 Å². The Bertz CT molecular complexity index is 1110. The van der Waals surface area contributed by atoms with Gasteiger partial charge in [-0.25, -0.2) is 0 Å². The third-order valence-electron chi connectivity index (χ3n) is 5.91. The van der Waals surface area contributed by atoms with Crippen LogP contribution in [0, 0.1) is 13.8 Å². The van der Waals surface area contributed by atoms with Gasteiger partial charge in [-0.05, 0) is 68.0 Å². The third-order valence-corrected chi connectivity index (χ3v) is 6.31. The summed E-state index contributed by atoms with van der Waals surface area (Å²) in [6.45, 7) is 13.2. The monoisotopic (exact) mass is 450 g/mol. The molecule has 1 heterocycles. The van der Waals surface area contributed by atoms with Crippen LogP contribution >= 0.6 is 12.2 Å². The summed E-state index contributed by atoms with van der Waals surface area (Å²) in [5, 5.41) is 5.13. The number of H-pyrrole nitrogens is 1. The quantitative estimate of drug-likeness (QED) is 0.474. The van der Waals surface area contributed by atoms with Gasteiger partial charge in [0.1, 0.15) is 0 Å². The molecule has 3 rings (SSSR count). The van der Waals surface area contributed by atoms with Crippen LogP contribution in [-0.4, -0.2) is 46.1 Å². The highest BCUT2D eigenvalue weighted by atomic mass is 32.1. The summed E-state index contributed by atoms with van der Waals surface area (Å²) in [7, 11) is 0. The number of benzene rings is 2. The highest BCUT2D eigenvalue weighted by molar-refractivity contribution is 7.80. The van der Waals surface area contributed by atoms with Crippen molar-refractivity contribution in [1.82, 2.24) is 20.1 Å². The van der Waals surface area contributed by atoms with E-state index in [1.807, 2.05) is 37.3 Å². The Morgan fingerprint density at radius 2 is 1.75 bits per heavy atom. The van der Waals surface area contributed by atoms with Gasteiger partial charge in [0, 0.05) is 36.1 Å². The van der Waals surface area contributed by atoms with Crippen molar-refractivity contribution >= 4 is 28.2 Å². The van der Waals surface area contributed by atoms with Crippen molar-refractivity contribution in [2.45, 2.75) is 40.8 Å². The largest absolute Gasteiger partial charge is 0.358 e. The number of aromatic nitrogens is 1. The summed E-state index contributed by atoms with van der Waals surface area (Å²) >= 11 is 5.76. The summed E-state index contributed by atoms with van der Waals surface area (Å²) in [6.07, 6.45) is 0. The molecule has 6 heteroatoms. The van der Waals surface area contributed by atoms with Gasteiger partial charge < -0.3 is 20.1 Å². The van der Waals surface area contributed by atoms with Gasteiger partial charge in [-0.1, -0.05) is 50.2 Å². The lowest BCUT2D eigenvalue weighted by molar-refractivity contribution is 0.263. The Kier molecular flexibility index (Phi) is 8.42. The molecule has 2 N–H and O–H groups in total. The van der Waals surface area contributed by atoms with Crippen LogP contribution in [0.5, 0.6) is 0 Å². The number of nitrogens with one attached hydrogen (secondary N) is 2. The summed E-state index contributed by atoms with van der Waals surface area (Å²) in [4.78, 5) is 20.4. The van der Waals surface area contributed by atoms with Crippen molar-refractivity contribution in [1.29, 1.82) is 0 Å². The van der Waals surface area contributed by atoms with Crippen molar-refractivity contribution in [3.8, 4) is 0 Å². The molecule has 0 saturated heterocycles.